The molecule has 38 heavy (non-hydrogen) atoms. The van der Waals surface area contributed by atoms with E-state index in [4.69, 9.17) is 0 Å². The average Bonchev–Trinajstić information content (AvgIpc) is 3.43. The van der Waals surface area contributed by atoms with Gasteiger partial charge in [0.2, 0.25) is 5.91 Å². The normalized spacial score (nSPS) is 21.1. The van der Waals surface area contributed by atoms with Gasteiger partial charge in [-0.2, -0.15) is 10.6 Å². The van der Waals surface area contributed by atoms with Crippen molar-refractivity contribution in [3.8, 4) is 11.3 Å². The minimum atomic E-state index is -2.45. The second-order valence-electron chi connectivity index (χ2n) is 11.7. The Morgan fingerprint density at radius 1 is 1.13 bits per heavy atom. The predicted octanol–water partition coefficient (Wildman–Crippen LogP) is 6.13. The summed E-state index contributed by atoms with van der Waals surface area (Å²) in [4.78, 5) is 25.3. The quantitative estimate of drug-likeness (QED) is 0.351. The van der Waals surface area contributed by atoms with E-state index in [9.17, 15) is 13.9 Å². The van der Waals surface area contributed by atoms with Gasteiger partial charge in [0, 0.05) is 52.7 Å². The fourth-order valence-corrected chi connectivity index (χ4v) is 8.20. The van der Waals surface area contributed by atoms with Crippen LogP contribution in [-0.2, 0) is 4.79 Å². The Bertz CT molecular complexity index is 1310. The Kier molecular flexibility index (Phi) is 7.61. The summed E-state index contributed by atoms with van der Waals surface area (Å²) < 4.78 is 19.9. The molecule has 0 aliphatic carbocycles. The van der Waals surface area contributed by atoms with Crippen LogP contribution in [0.15, 0.2) is 30.3 Å². The van der Waals surface area contributed by atoms with Crippen LogP contribution >= 0.6 is 10.6 Å². The summed E-state index contributed by atoms with van der Waals surface area (Å²) >= 11 is 0. The van der Waals surface area contributed by atoms with Crippen LogP contribution in [0, 0.1) is 13.8 Å². The van der Waals surface area contributed by atoms with Crippen LogP contribution in [0.3, 0.4) is 0 Å². The first-order valence-electron chi connectivity index (χ1n) is 13.8. The zero-order chi connectivity index (χ0) is 27.2. The van der Waals surface area contributed by atoms with Crippen molar-refractivity contribution in [2.45, 2.75) is 64.8 Å². The van der Waals surface area contributed by atoms with Crippen LogP contribution in [0.4, 0.5) is 0 Å². The van der Waals surface area contributed by atoms with Crippen LogP contribution in [-0.4, -0.2) is 79.0 Å². The first-order valence-corrected chi connectivity index (χ1v) is 15.7. The molecule has 2 aliphatic rings. The van der Waals surface area contributed by atoms with Crippen LogP contribution in [0.2, 0.25) is 0 Å². The van der Waals surface area contributed by atoms with Gasteiger partial charge in [0.05, 0.1) is 18.0 Å². The van der Waals surface area contributed by atoms with Crippen LogP contribution in [0.5, 0.6) is 0 Å². The molecule has 206 valence electrons. The number of amides is 1. The molecule has 8 heteroatoms. The molecule has 1 amide bonds. The number of benzene rings is 1. The van der Waals surface area contributed by atoms with Crippen molar-refractivity contribution >= 4 is 27.4 Å². The van der Waals surface area contributed by atoms with Gasteiger partial charge >= 0.3 is 0 Å². The molecule has 0 spiro atoms. The van der Waals surface area contributed by atoms with Crippen molar-refractivity contribution in [1.82, 2.24) is 19.8 Å². The second kappa shape index (κ2) is 10.6. The number of hydrogen-bond acceptors (Lipinski definition) is 5. The van der Waals surface area contributed by atoms with E-state index in [0.29, 0.717) is 29.9 Å². The number of carbonyl (C=O) groups excluding carboxylic acids is 1. The number of nitrogens with zero attached hydrogens (tertiary/aromatic N) is 3. The summed E-state index contributed by atoms with van der Waals surface area (Å²) in [6, 6.07) is 11.2. The standard InChI is InChI=1S/C30H42N4O3S/c1-19(2)29-26-16-23(6-7-27(26)32-30(29)24-14-20(3)31-21(4)15-24)22-8-11-34(12-9-22)28(35)17-33(5)25-10-13-38(36,37)18-25/h6-7,14-16,19,22,25,32,36-37H,8-13,17-18H2,1-5H3. The van der Waals surface area contributed by atoms with Gasteiger partial charge in [0.25, 0.3) is 0 Å². The van der Waals surface area contributed by atoms with Gasteiger partial charge in [-0.05, 0) is 87.4 Å². The van der Waals surface area contributed by atoms with Gasteiger partial charge in [0.1, 0.15) is 0 Å². The van der Waals surface area contributed by atoms with Crippen molar-refractivity contribution in [3.05, 3.63) is 52.8 Å². The lowest BCUT2D eigenvalue weighted by Crippen LogP contribution is -2.45. The maximum atomic E-state index is 13.0. The third kappa shape index (κ3) is 5.64. The van der Waals surface area contributed by atoms with Gasteiger partial charge in [0.15, 0.2) is 0 Å². The SMILES string of the molecule is Cc1cc(-c2[nH]c3ccc(C4CCN(C(=O)CN(C)C5CCS(O)(O)C5)CC4)cc3c2C(C)C)cc(C)n1. The number of H-pyrrole nitrogens is 1. The number of pyridine rings is 1. The minimum Gasteiger partial charge on any atom is -0.354 e. The number of piperidine rings is 1. The smallest absolute Gasteiger partial charge is 0.236 e. The fraction of sp³-hybridized carbons (Fsp3) is 0.533. The van der Waals surface area contributed by atoms with E-state index in [-0.39, 0.29) is 11.9 Å². The largest absolute Gasteiger partial charge is 0.354 e. The highest BCUT2D eigenvalue weighted by Crippen LogP contribution is 2.47. The molecule has 1 aromatic carbocycles. The molecule has 4 heterocycles. The molecule has 0 radical (unpaired) electrons. The number of hydrogen-bond donors (Lipinski definition) is 3. The predicted molar refractivity (Wildman–Crippen MR) is 157 cm³/mol. The zero-order valence-electron chi connectivity index (χ0n) is 23.3. The molecule has 2 saturated heterocycles. The van der Waals surface area contributed by atoms with Crippen molar-refractivity contribution in [2.24, 2.45) is 0 Å². The molecule has 2 fully saturated rings. The first kappa shape index (κ1) is 27.2. The van der Waals surface area contributed by atoms with Crippen molar-refractivity contribution < 1.29 is 13.9 Å². The number of rotatable bonds is 6. The van der Waals surface area contributed by atoms with Gasteiger partial charge in [-0.25, -0.2) is 0 Å². The number of aromatic nitrogens is 2. The maximum Gasteiger partial charge on any atom is 0.236 e. The Morgan fingerprint density at radius 2 is 1.82 bits per heavy atom. The van der Waals surface area contributed by atoms with Crippen LogP contribution in [0.1, 0.15) is 67.5 Å². The average molecular weight is 539 g/mol. The number of aryl methyl sites for hydroxylation is 2. The van der Waals surface area contributed by atoms with Crippen LogP contribution in [0.25, 0.3) is 22.2 Å². The topological polar surface area (TPSA) is 92.7 Å². The third-order valence-electron chi connectivity index (χ3n) is 8.37. The fourth-order valence-electron chi connectivity index (χ4n) is 6.34. The molecule has 3 N–H and O–H groups in total. The third-order valence-corrected chi connectivity index (χ3v) is 10.2. The van der Waals surface area contributed by atoms with Gasteiger partial charge in [-0.3, -0.25) is 23.8 Å². The monoisotopic (exact) mass is 538 g/mol. The van der Waals surface area contributed by atoms with E-state index in [2.05, 4.69) is 54.1 Å². The Balaban J connectivity index is 1.29. The zero-order valence-corrected chi connectivity index (χ0v) is 24.1. The highest BCUT2D eigenvalue weighted by molar-refractivity contribution is 8.24. The van der Waals surface area contributed by atoms with Gasteiger partial charge in [-0.1, -0.05) is 19.9 Å². The maximum absolute atomic E-state index is 13.0. The molecular formula is C30H42N4O3S. The summed E-state index contributed by atoms with van der Waals surface area (Å²) in [5.41, 5.74) is 8.31. The summed E-state index contributed by atoms with van der Waals surface area (Å²) in [5.74, 6) is 1.80. The molecule has 1 unspecified atom stereocenters. The number of aromatic amines is 1. The van der Waals surface area contributed by atoms with Crippen LogP contribution < -0.4 is 0 Å². The van der Waals surface area contributed by atoms with Crippen molar-refractivity contribution in [3.63, 3.8) is 0 Å². The van der Waals surface area contributed by atoms with Gasteiger partial charge in [-0.15, -0.1) is 0 Å². The summed E-state index contributed by atoms with van der Waals surface area (Å²) in [6.07, 6.45) is 2.67. The first-order chi connectivity index (χ1) is 18.0. The highest BCUT2D eigenvalue weighted by Gasteiger charge is 2.33. The molecule has 1 atom stereocenters. The summed E-state index contributed by atoms with van der Waals surface area (Å²) in [6.45, 7) is 10.5. The Labute approximate surface area is 228 Å². The summed E-state index contributed by atoms with van der Waals surface area (Å²) in [5, 5.41) is 1.29. The van der Waals surface area contributed by atoms with E-state index in [1.165, 1.54) is 33.3 Å². The van der Waals surface area contributed by atoms with E-state index in [1.807, 2.05) is 30.7 Å². The van der Waals surface area contributed by atoms with E-state index in [1.54, 1.807) is 0 Å². The molecule has 0 saturated carbocycles. The second-order valence-corrected chi connectivity index (χ2v) is 14.0. The van der Waals surface area contributed by atoms with E-state index >= 15 is 0 Å². The lowest BCUT2D eigenvalue weighted by atomic mass is 9.87. The molecule has 7 nitrogen and oxygen atoms in total. The number of fused-ring (bicyclic) bond motifs is 1. The highest BCUT2D eigenvalue weighted by atomic mass is 32.3. The molecule has 2 aliphatic heterocycles. The lowest BCUT2D eigenvalue weighted by Gasteiger charge is -2.34. The minimum absolute atomic E-state index is 0.0783. The molecule has 3 aromatic rings. The number of nitrogens with one attached hydrogen (secondary N) is 1. The van der Waals surface area contributed by atoms with Gasteiger partial charge < -0.3 is 9.88 Å². The number of likely N-dealkylation sites (tertiary alicyclic amines) is 1. The lowest BCUT2D eigenvalue weighted by molar-refractivity contribution is -0.133. The van der Waals surface area contributed by atoms with E-state index in [0.717, 1.165) is 43.7 Å². The molecule has 2 aromatic heterocycles. The molecule has 5 rings (SSSR count). The van der Waals surface area contributed by atoms with Crippen molar-refractivity contribution in [2.75, 3.05) is 38.2 Å². The van der Waals surface area contributed by atoms with Crippen molar-refractivity contribution in [1.29, 1.82) is 0 Å². The molecular weight excluding hydrogens is 496 g/mol. The number of carbonyl (C=O) groups is 1. The Morgan fingerprint density at radius 3 is 2.42 bits per heavy atom. The summed E-state index contributed by atoms with van der Waals surface area (Å²) in [7, 11) is -0.525. The van der Waals surface area contributed by atoms with E-state index < -0.39 is 10.6 Å². The molecule has 0 bridgehead atoms. The Hall–Kier alpha value is -2.39. The number of likely N-dealkylation sites (N-methyl/N-ethyl adjacent to an activating group) is 1.